The summed E-state index contributed by atoms with van der Waals surface area (Å²) in [6, 6.07) is 0.690. The molecule has 0 bridgehead atoms. The number of halogens is 3. The minimum Gasteiger partial charge on any atom is -0.475 e. The van der Waals surface area contributed by atoms with E-state index in [0.29, 0.717) is 18.4 Å². The Morgan fingerprint density at radius 2 is 2.04 bits per heavy atom. The summed E-state index contributed by atoms with van der Waals surface area (Å²) in [5, 5.41) is 7.12. The third kappa shape index (κ3) is 6.05. The number of carbonyl (C=O) groups is 2. The zero-order valence-electron chi connectivity index (χ0n) is 16.2. The van der Waals surface area contributed by atoms with E-state index in [9.17, 15) is 18.0 Å². The lowest BCUT2D eigenvalue weighted by Crippen LogP contribution is -2.39. The number of ether oxygens (including phenoxy) is 1. The summed E-state index contributed by atoms with van der Waals surface area (Å²) in [6.45, 7) is 4.70. The first-order valence-electron chi connectivity index (χ1n) is 9.49. The van der Waals surface area contributed by atoms with Crippen molar-refractivity contribution in [3.63, 3.8) is 0 Å². The highest BCUT2D eigenvalue weighted by molar-refractivity contribution is 6.02. The Morgan fingerprint density at radius 1 is 1.36 bits per heavy atom. The SMILES string of the molecule is COC(=O)C[C@@H]1C[C@H](C)CC(C2=CCCN3CCCC23)=N1.O=C(O)C(F)(F)F. The fourth-order valence-electron chi connectivity index (χ4n) is 4.08. The predicted molar refractivity (Wildman–Crippen MR) is 97.2 cm³/mol. The second-order valence-electron chi connectivity index (χ2n) is 7.50. The van der Waals surface area contributed by atoms with Gasteiger partial charge in [-0.1, -0.05) is 13.0 Å². The number of esters is 1. The van der Waals surface area contributed by atoms with Crippen LogP contribution in [0.25, 0.3) is 0 Å². The summed E-state index contributed by atoms with van der Waals surface area (Å²) in [5.74, 6) is -2.30. The number of nitrogens with zero attached hydrogens (tertiary/aromatic N) is 2. The van der Waals surface area contributed by atoms with Crippen LogP contribution in [0.1, 0.15) is 45.4 Å². The molecule has 0 aromatic heterocycles. The number of rotatable bonds is 3. The quantitative estimate of drug-likeness (QED) is 0.731. The molecule has 0 spiro atoms. The van der Waals surface area contributed by atoms with Gasteiger partial charge in [0.2, 0.25) is 0 Å². The average Bonchev–Trinajstić information content (AvgIpc) is 3.09. The van der Waals surface area contributed by atoms with Gasteiger partial charge in [0.15, 0.2) is 0 Å². The van der Waals surface area contributed by atoms with Crippen molar-refractivity contribution in [3.8, 4) is 0 Å². The van der Waals surface area contributed by atoms with Crippen LogP contribution in [0.5, 0.6) is 0 Å². The van der Waals surface area contributed by atoms with Crippen molar-refractivity contribution >= 4 is 17.7 Å². The average molecular weight is 404 g/mol. The maximum absolute atomic E-state index is 11.5. The third-order valence-electron chi connectivity index (χ3n) is 5.26. The number of alkyl halides is 3. The standard InChI is InChI=1S/C17H26N2O2.C2HF3O2/c1-12-9-13(11-17(20)21-2)18-15(10-12)14-5-3-7-19-8-4-6-16(14)19;3-2(4,5)1(6)7/h5,12-13,16H,3-4,6-11H2,1-2H3;(H,6,7)/t12-,13-,16?;/m0./s1. The molecule has 3 aliphatic rings. The second-order valence-corrected chi connectivity index (χ2v) is 7.50. The number of aliphatic carboxylic acids is 1. The van der Waals surface area contributed by atoms with E-state index in [-0.39, 0.29) is 12.0 Å². The summed E-state index contributed by atoms with van der Waals surface area (Å²) < 4.78 is 36.5. The molecule has 0 radical (unpaired) electrons. The number of fused-ring (bicyclic) bond motifs is 1. The number of methoxy groups -OCH3 is 1. The van der Waals surface area contributed by atoms with Gasteiger partial charge in [-0.05, 0) is 50.1 Å². The monoisotopic (exact) mass is 404 g/mol. The highest BCUT2D eigenvalue weighted by Crippen LogP contribution is 2.33. The van der Waals surface area contributed by atoms with Crippen LogP contribution >= 0.6 is 0 Å². The first kappa shape index (κ1) is 22.4. The van der Waals surface area contributed by atoms with Crippen LogP contribution in [-0.2, 0) is 14.3 Å². The van der Waals surface area contributed by atoms with E-state index in [1.54, 1.807) is 0 Å². The van der Waals surface area contributed by atoms with Gasteiger partial charge in [-0.3, -0.25) is 14.7 Å². The zero-order valence-corrected chi connectivity index (χ0v) is 16.2. The second kappa shape index (κ2) is 9.54. The topological polar surface area (TPSA) is 79.2 Å². The Hall–Kier alpha value is -1.90. The van der Waals surface area contributed by atoms with Crippen molar-refractivity contribution in [1.82, 2.24) is 4.90 Å². The van der Waals surface area contributed by atoms with E-state index in [0.717, 1.165) is 19.3 Å². The van der Waals surface area contributed by atoms with Crippen molar-refractivity contribution in [1.29, 1.82) is 0 Å². The minimum absolute atomic E-state index is 0.105. The van der Waals surface area contributed by atoms with E-state index in [1.165, 1.54) is 44.3 Å². The summed E-state index contributed by atoms with van der Waals surface area (Å²) >= 11 is 0. The molecule has 1 unspecified atom stereocenters. The van der Waals surface area contributed by atoms with Gasteiger partial charge < -0.3 is 9.84 Å². The molecule has 28 heavy (non-hydrogen) atoms. The lowest BCUT2D eigenvalue weighted by Gasteiger charge is -2.34. The summed E-state index contributed by atoms with van der Waals surface area (Å²) in [7, 11) is 1.46. The predicted octanol–water partition coefficient (Wildman–Crippen LogP) is 3.22. The molecule has 0 amide bonds. The molecule has 1 saturated heterocycles. The highest BCUT2D eigenvalue weighted by Gasteiger charge is 2.38. The molecule has 1 N–H and O–H groups in total. The van der Waals surface area contributed by atoms with Crippen LogP contribution in [0, 0.1) is 5.92 Å². The Kier molecular flexibility index (Phi) is 7.63. The normalized spacial score (nSPS) is 27.7. The largest absolute Gasteiger partial charge is 0.490 e. The lowest BCUT2D eigenvalue weighted by atomic mass is 9.85. The molecule has 3 heterocycles. The molecular formula is C19H27F3N2O4. The molecule has 0 aliphatic carbocycles. The van der Waals surface area contributed by atoms with Gasteiger partial charge in [0.05, 0.1) is 19.6 Å². The van der Waals surface area contributed by atoms with Crippen molar-refractivity contribution < 1.29 is 32.6 Å². The highest BCUT2D eigenvalue weighted by atomic mass is 19.4. The molecule has 6 nitrogen and oxygen atoms in total. The summed E-state index contributed by atoms with van der Waals surface area (Å²) in [5.41, 5.74) is 2.72. The van der Waals surface area contributed by atoms with Crippen LogP contribution in [0.15, 0.2) is 16.6 Å². The minimum atomic E-state index is -5.08. The molecule has 1 fully saturated rings. The molecule has 9 heteroatoms. The van der Waals surface area contributed by atoms with Crippen LogP contribution in [0.4, 0.5) is 13.2 Å². The Bertz CT molecular complexity index is 646. The molecule has 0 saturated carbocycles. The molecule has 3 rings (SSSR count). The van der Waals surface area contributed by atoms with Crippen molar-refractivity contribution in [2.24, 2.45) is 10.9 Å². The van der Waals surface area contributed by atoms with E-state index >= 15 is 0 Å². The number of carbonyl (C=O) groups excluding carboxylic acids is 1. The third-order valence-corrected chi connectivity index (χ3v) is 5.26. The Morgan fingerprint density at radius 3 is 2.64 bits per heavy atom. The number of hydrogen-bond acceptors (Lipinski definition) is 5. The molecular weight excluding hydrogens is 377 g/mol. The lowest BCUT2D eigenvalue weighted by molar-refractivity contribution is -0.192. The molecule has 0 aromatic rings. The van der Waals surface area contributed by atoms with Crippen LogP contribution < -0.4 is 0 Å². The van der Waals surface area contributed by atoms with E-state index < -0.39 is 12.1 Å². The Labute approximate surface area is 162 Å². The maximum atomic E-state index is 11.5. The van der Waals surface area contributed by atoms with Gasteiger partial charge in [0, 0.05) is 18.3 Å². The van der Waals surface area contributed by atoms with Gasteiger partial charge in [0.1, 0.15) is 0 Å². The fourth-order valence-corrected chi connectivity index (χ4v) is 4.08. The summed E-state index contributed by atoms with van der Waals surface area (Å²) in [4.78, 5) is 28.0. The van der Waals surface area contributed by atoms with Gasteiger partial charge in [-0.2, -0.15) is 13.2 Å². The number of hydrogen-bond donors (Lipinski definition) is 1. The molecule has 158 valence electrons. The van der Waals surface area contributed by atoms with Crippen molar-refractivity contribution in [2.75, 3.05) is 20.2 Å². The van der Waals surface area contributed by atoms with E-state index in [2.05, 4.69) is 17.9 Å². The summed E-state index contributed by atoms with van der Waals surface area (Å²) in [6.07, 6.45) is 3.51. The van der Waals surface area contributed by atoms with Crippen LogP contribution in [-0.4, -0.2) is 66.1 Å². The van der Waals surface area contributed by atoms with Gasteiger partial charge in [-0.25, -0.2) is 4.79 Å². The van der Waals surface area contributed by atoms with Gasteiger partial charge in [-0.15, -0.1) is 0 Å². The maximum Gasteiger partial charge on any atom is 0.490 e. The van der Waals surface area contributed by atoms with E-state index in [1.807, 2.05) is 0 Å². The molecule has 3 atom stereocenters. The Balaban J connectivity index is 0.000000345. The zero-order chi connectivity index (χ0) is 20.9. The molecule has 3 aliphatic heterocycles. The fraction of sp³-hybridized carbons (Fsp3) is 0.737. The van der Waals surface area contributed by atoms with E-state index in [4.69, 9.17) is 19.6 Å². The first-order valence-corrected chi connectivity index (χ1v) is 9.49. The van der Waals surface area contributed by atoms with Crippen LogP contribution in [0.3, 0.4) is 0 Å². The first-order chi connectivity index (χ1) is 13.1. The number of aliphatic imine (C=N–C) groups is 1. The van der Waals surface area contributed by atoms with Gasteiger partial charge >= 0.3 is 18.1 Å². The number of carboxylic acid groups (broad SMARTS) is 1. The smallest absolute Gasteiger partial charge is 0.475 e. The van der Waals surface area contributed by atoms with Crippen molar-refractivity contribution in [3.05, 3.63) is 11.6 Å². The number of carboxylic acids is 1. The van der Waals surface area contributed by atoms with Gasteiger partial charge in [0.25, 0.3) is 0 Å². The molecule has 0 aromatic carbocycles. The van der Waals surface area contributed by atoms with Crippen molar-refractivity contribution in [2.45, 2.75) is 63.7 Å². The van der Waals surface area contributed by atoms with Crippen LogP contribution in [0.2, 0.25) is 0 Å².